The van der Waals surface area contributed by atoms with Crippen LogP contribution in [0, 0.1) is 21.7 Å². The molecule has 0 unspecified atom stereocenters. The summed E-state index contributed by atoms with van der Waals surface area (Å²) in [5, 5.41) is 11.1. The lowest BCUT2D eigenvalue weighted by molar-refractivity contribution is -0.385. The Labute approximate surface area is 155 Å². The predicted octanol–water partition coefficient (Wildman–Crippen LogP) is 4.65. The monoisotopic (exact) mass is 381 g/mol. The molecular formula is C19H21F2NO5. The normalized spacial score (nSPS) is 10.6. The molecule has 0 N–H and O–H groups in total. The second-order valence-corrected chi connectivity index (χ2v) is 5.66. The highest BCUT2D eigenvalue weighted by molar-refractivity contribution is 5.50. The smallest absolute Gasteiger partial charge is 0.314 e. The minimum Gasteiger partial charge on any atom is -0.494 e. The van der Waals surface area contributed by atoms with Crippen LogP contribution in [0.1, 0.15) is 25.3 Å². The summed E-state index contributed by atoms with van der Waals surface area (Å²) in [7, 11) is 0. The lowest BCUT2D eigenvalue weighted by atomic mass is 10.2. The van der Waals surface area contributed by atoms with Crippen molar-refractivity contribution in [1.82, 2.24) is 0 Å². The number of unbranched alkanes of at least 4 members (excludes halogenated alkanes) is 1. The summed E-state index contributed by atoms with van der Waals surface area (Å²) in [4.78, 5) is 10.6. The molecule has 0 aromatic heterocycles. The van der Waals surface area contributed by atoms with Crippen molar-refractivity contribution in [2.75, 3.05) is 19.8 Å². The first-order valence-corrected chi connectivity index (χ1v) is 8.57. The average Bonchev–Trinajstić information content (AvgIpc) is 2.64. The van der Waals surface area contributed by atoms with Crippen LogP contribution in [-0.4, -0.2) is 24.7 Å². The fraction of sp³-hybridized carbons (Fsp3) is 0.368. The predicted molar refractivity (Wildman–Crippen MR) is 95.0 cm³/mol. The largest absolute Gasteiger partial charge is 0.494 e. The van der Waals surface area contributed by atoms with Gasteiger partial charge in [0.1, 0.15) is 17.4 Å². The molecule has 0 heterocycles. The van der Waals surface area contributed by atoms with Gasteiger partial charge in [-0.15, -0.1) is 0 Å². The zero-order valence-electron chi connectivity index (χ0n) is 15.0. The highest BCUT2D eigenvalue weighted by atomic mass is 19.1. The van der Waals surface area contributed by atoms with Gasteiger partial charge >= 0.3 is 5.69 Å². The molecule has 146 valence electrons. The van der Waals surface area contributed by atoms with Crippen molar-refractivity contribution in [3.05, 3.63) is 63.7 Å². The van der Waals surface area contributed by atoms with Crippen LogP contribution in [-0.2, 0) is 11.3 Å². The lowest BCUT2D eigenvalue weighted by Crippen LogP contribution is -2.04. The summed E-state index contributed by atoms with van der Waals surface area (Å²) < 4.78 is 42.5. The number of nitro groups is 1. The average molecular weight is 381 g/mol. The second kappa shape index (κ2) is 10.4. The van der Waals surface area contributed by atoms with Crippen molar-refractivity contribution in [2.24, 2.45) is 0 Å². The van der Waals surface area contributed by atoms with Crippen LogP contribution in [0.4, 0.5) is 14.5 Å². The Balaban J connectivity index is 1.72. The Morgan fingerprint density at radius 2 is 1.81 bits per heavy atom. The summed E-state index contributed by atoms with van der Waals surface area (Å²) in [6, 6.07) is 7.66. The van der Waals surface area contributed by atoms with Crippen LogP contribution in [0.2, 0.25) is 0 Å². The molecule has 0 aliphatic carbocycles. The van der Waals surface area contributed by atoms with Crippen molar-refractivity contribution in [1.29, 1.82) is 0 Å². The summed E-state index contributed by atoms with van der Waals surface area (Å²) in [5.74, 6) is -0.441. The molecule has 2 rings (SSSR count). The first-order chi connectivity index (χ1) is 13.0. The van der Waals surface area contributed by atoms with E-state index in [4.69, 9.17) is 14.2 Å². The maximum Gasteiger partial charge on any atom is 0.314 e. The molecule has 0 saturated carbocycles. The zero-order valence-corrected chi connectivity index (χ0v) is 15.0. The van der Waals surface area contributed by atoms with E-state index in [1.54, 1.807) is 13.0 Å². The van der Waals surface area contributed by atoms with Crippen LogP contribution in [0.15, 0.2) is 36.4 Å². The van der Waals surface area contributed by atoms with Crippen LogP contribution in [0.3, 0.4) is 0 Å². The number of ether oxygens (including phenoxy) is 3. The Hall–Kier alpha value is -2.74. The topological polar surface area (TPSA) is 70.8 Å². The summed E-state index contributed by atoms with van der Waals surface area (Å²) in [5.41, 5.74) is 0.00930. The van der Waals surface area contributed by atoms with Gasteiger partial charge in [0.2, 0.25) is 0 Å². The first-order valence-electron chi connectivity index (χ1n) is 8.57. The van der Waals surface area contributed by atoms with Crippen LogP contribution in [0.25, 0.3) is 0 Å². The van der Waals surface area contributed by atoms with E-state index in [0.29, 0.717) is 31.8 Å². The summed E-state index contributed by atoms with van der Waals surface area (Å²) in [6.07, 6.45) is 1.21. The molecule has 0 spiro atoms. The quantitative estimate of drug-likeness (QED) is 0.322. The molecule has 0 fully saturated rings. The van der Waals surface area contributed by atoms with Gasteiger partial charge in [0.15, 0.2) is 5.75 Å². The van der Waals surface area contributed by atoms with Crippen LogP contribution < -0.4 is 9.47 Å². The SMILES string of the molecule is CCOc1ccc(OCCCCOCc2cc(F)ccc2F)c([N+](=O)[O-])c1. The number of rotatable bonds is 11. The number of nitro benzene ring substituents is 1. The van der Waals surface area contributed by atoms with Gasteiger partial charge in [0.25, 0.3) is 0 Å². The molecule has 0 saturated heterocycles. The molecule has 0 atom stereocenters. The van der Waals surface area contributed by atoms with Gasteiger partial charge in [-0.1, -0.05) is 0 Å². The molecule has 0 amide bonds. The molecule has 8 heteroatoms. The van der Waals surface area contributed by atoms with Gasteiger partial charge in [-0.3, -0.25) is 10.1 Å². The Kier molecular flexibility index (Phi) is 7.94. The molecule has 0 aliphatic rings. The summed E-state index contributed by atoms with van der Waals surface area (Å²) in [6.45, 7) is 2.80. The van der Waals surface area contributed by atoms with Crippen molar-refractivity contribution < 1.29 is 27.9 Å². The molecule has 27 heavy (non-hydrogen) atoms. The van der Waals surface area contributed by atoms with Crippen molar-refractivity contribution in [2.45, 2.75) is 26.4 Å². The number of hydrogen-bond acceptors (Lipinski definition) is 5. The van der Waals surface area contributed by atoms with E-state index in [1.807, 2.05) is 0 Å². The van der Waals surface area contributed by atoms with Gasteiger partial charge in [-0.25, -0.2) is 8.78 Å². The molecular weight excluding hydrogens is 360 g/mol. The van der Waals surface area contributed by atoms with E-state index >= 15 is 0 Å². The van der Waals surface area contributed by atoms with E-state index in [2.05, 4.69) is 0 Å². The number of benzene rings is 2. The third-order valence-corrected chi connectivity index (χ3v) is 3.64. The second-order valence-electron chi connectivity index (χ2n) is 5.66. The third-order valence-electron chi connectivity index (χ3n) is 3.64. The molecule has 2 aromatic rings. The minimum atomic E-state index is -0.519. The maximum absolute atomic E-state index is 13.4. The fourth-order valence-electron chi connectivity index (χ4n) is 2.34. The van der Waals surface area contributed by atoms with Crippen molar-refractivity contribution >= 4 is 5.69 Å². The molecule has 0 aliphatic heterocycles. The van der Waals surface area contributed by atoms with Gasteiger partial charge < -0.3 is 14.2 Å². The van der Waals surface area contributed by atoms with Gasteiger partial charge in [-0.05, 0) is 50.1 Å². The third kappa shape index (κ3) is 6.49. The van der Waals surface area contributed by atoms with Crippen molar-refractivity contribution in [3.8, 4) is 11.5 Å². The highest BCUT2D eigenvalue weighted by Crippen LogP contribution is 2.31. The van der Waals surface area contributed by atoms with Gasteiger partial charge in [-0.2, -0.15) is 0 Å². The van der Waals surface area contributed by atoms with E-state index in [-0.39, 0.29) is 30.2 Å². The van der Waals surface area contributed by atoms with E-state index in [1.165, 1.54) is 12.1 Å². The molecule has 0 radical (unpaired) electrons. The minimum absolute atomic E-state index is 0.0190. The molecule has 0 bridgehead atoms. The van der Waals surface area contributed by atoms with E-state index in [9.17, 15) is 18.9 Å². The van der Waals surface area contributed by atoms with Crippen LogP contribution >= 0.6 is 0 Å². The highest BCUT2D eigenvalue weighted by Gasteiger charge is 2.16. The fourth-order valence-corrected chi connectivity index (χ4v) is 2.34. The Bertz CT molecular complexity index is 770. The maximum atomic E-state index is 13.4. The molecule has 2 aromatic carbocycles. The van der Waals surface area contributed by atoms with E-state index in [0.717, 1.165) is 18.2 Å². The lowest BCUT2D eigenvalue weighted by Gasteiger charge is -2.09. The zero-order chi connectivity index (χ0) is 19.6. The number of hydrogen-bond donors (Lipinski definition) is 0. The molecule has 6 nitrogen and oxygen atoms in total. The van der Waals surface area contributed by atoms with Gasteiger partial charge in [0, 0.05) is 12.2 Å². The van der Waals surface area contributed by atoms with Gasteiger partial charge in [0.05, 0.1) is 30.8 Å². The number of nitrogens with zero attached hydrogens (tertiary/aromatic N) is 1. The number of halogens is 2. The first kappa shape index (κ1) is 20.6. The summed E-state index contributed by atoms with van der Waals surface area (Å²) >= 11 is 0. The van der Waals surface area contributed by atoms with E-state index < -0.39 is 16.6 Å². The van der Waals surface area contributed by atoms with Crippen LogP contribution in [0.5, 0.6) is 11.5 Å². The Morgan fingerprint density at radius 1 is 1.04 bits per heavy atom. The van der Waals surface area contributed by atoms with Crippen molar-refractivity contribution in [3.63, 3.8) is 0 Å². The Morgan fingerprint density at radius 3 is 2.56 bits per heavy atom. The standard InChI is InChI=1S/C19H21F2NO5/c1-2-26-16-6-8-19(18(12-16)22(23)24)27-10-4-3-9-25-13-14-11-15(20)5-7-17(14)21/h5-8,11-12H,2-4,9-10,13H2,1H3.